The average Bonchev–Trinajstić information content (AvgIpc) is 3.01. The zero-order chi connectivity index (χ0) is 19.7. The third-order valence-corrected chi connectivity index (χ3v) is 4.68. The lowest BCUT2D eigenvalue weighted by Gasteiger charge is -2.12. The van der Waals surface area contributed by atoms with E-state index in [1.807, 2.05) is 0 Å². The van der Waals surface area contributed by atoms with Gasteiger partial charge >= 0.3 is 0 Å². The Kier molecular flexibility index (Phi) is 5.48. The third kappa shape index (κ3) is 4.12. The zero-order valence-electron chi connectivity index (χ0n) is 14.4. The van der Waals surface area contributed by atoms with Crippen molar-refractivity contribution in [3.8, 4) is 11.1 Å². The molecule has 1 atom stereocenters. The van der Waals surface area contributed by atoms with Gasteiger partial charge in [0.15, 0.2) is 0 Å². The number of hydrogen-bond donors (Lipinski definition) is 1. The van der Waals surface area contributed by atoms with Crippen LogP contribution >= 0.6 is 23.2 Å². The SMILES string of the molecule is CC(F)c1nn(C)cc1C(=O)Nc1ccc(F)cc1-c1ccc(Cl)c(Cl)c1. The topological polar surface area (TPSA) is 46.9 Å². The van der Waals surface area contributed by atoms with Crippen LogP contribution in [-0.2, 0) is 7.05 Å². The first kappa shape index (κ1) is 19.3. The molecule has 140 valence electrons. The minimum absolute atomic E-state index is 0.0354. The summed E-state index contributed by atoms with van der Waals surface area (Å²) < 4.78 is 28.9. The predicted octanol–water partition coefficient (Wildman–Crippen LogP) is 5.82. The number of rotatable bonds is 4. The Balaban J connectivity index is 2.01. The number of aryl methyl sites for hydroxylation is 1. The Bertz CT molecular complexity index is 1020. The molecule has 1 aromatic heterocycles. The highest BCUT2D eigenvalue weighted by molar-refractivity contribution is 6.42. The summed E-state index contributed by atoms with van der Waals surface area (Å²) in [5.41, 5.74) is 1.48. The van der Waals surface area contributed by atoms with Crippen molar-refractivity contribution in [2.24, 2.45) is 7.05 Å². The molecule has 1 heterocycles. The Morgan fingerprint density at radius 2 is 1.93 bits per heavy atom. The highest BCUT2D eigenvalue weighted by atomic mass is 35.5. The number of hydrogen-bond acceptors (Lipinski definition) is 2. The average molecular weight is 410 g/mol. The first-order valence-electron chi connectivity index (χ1n) is 8.00. The number of aromatic nitrogens is 2. The van der Waals surface area contributed by atoms with Crippen LogP contribution in [0.25, 0.3) is 11.1 Å². The lowest BCUT2D eigenvalue weighted by molar-refractivity contribution is 0.102. The van der Waals surface area contributed by atoms with Gasteiger partial charge < -0.3 is 5.32 Å². The van der Waals surface area contributed by atoms with Gasteiger partial charge in [-0.3, -0.25) is 9.48 Å². The van der Waals surface area contributed by atoms with Gasteiger partial charge in [-0.1, -0.05) is 29.3 Å². The molecule has 0 radical (unpaired) electrons. The number of amides is 1. The van der Waals surface area contributed by atoms with Gasteiger partial charge in [0.05, 0.1) is 15.6 Å². The van der Waals surface area contributed by atoms with E-state index < -0.39 is 17.9 Å². The highest BCUT2D eigenvalue weighted by Crippen LogP contribution is 2.34. The number of alkyl halides is 1. The summed E-state index contributed by atoms with van der Waals surface area (Å²) in [6.45, 7) is 1.30. The maximum absolute atomic E-state index is 13.8. The van der Waals surface area contributed by atoms with E-state index in [1.165, 1.54) is 36.0 Å². The van der Waals surface area contributed by atoms with Gasteiger partial charge in [-0.05, 0) is 42.8 Å². The van der Waals surface area contributed by atoms with E-state index in [1.54, 1.807) is 25.2 Å². The molecule has 1 N–H and O–H groups in total. The van der Waals surface area contributed by atoms with Gasteiger partial charge in [0.1, 0.15) is 17.7 Å². The molecule has 0 saturated carbocycles. The van der Waals surface area contributed by atoms with E-state index in [0.717, 1.165) is 0 Å². The quantitative estimate of drug-likeness (QED) is 0.590. The van der Waals surface area contributed by atoms with E-state index in [0.29, 0.717) is 26.9 Å². The standard InChI is InChI=1S/C19H15Cl2F2N3O/c1-10(22)18-14(9-26(2)25-18)19(27)24-17-6-4-12(23)8-13(17)11-3-5-15(20)16(21)7-11/h3-10H,1-2H3,(H,24,27). The number of carbonyl (C=O) groups is 1. The lowest BCUT2D eigenvalue weighted by Crippen LogP contribution is -2.14. The van der Waals surface area contributed by atoms with Crippen LogP contribution in [0.4, 0.5) is 14.5 Å². The minimum atomic E-state index is -1.41. The normalized spacial score (nSPS) is 12.1. The molecule has 0 aliphatic heterocycles. The summed E-state index contributed by atoms with van der Waals surface area (Å²) in [6.07, 6.45) is 0.0260. The first-order valence-corrected chi connectivity index (χ1v) is 8.76. The number of nitrogens with zero attached hydrogens (tertiary/aromatic N) is 2. The van der Waals surface area contributed by atoms with E-state index in [9.17, 15) is 13.6 Å². The van der Waals surface area contributed by atoms with Crippen LogP contribution in [0.2, 0.25) is 10.0 Å². The van der Waals surface area contributed by atoms with Crippen molar-refractivity contribution in [1.29, 1.82) is 0 Å². The van der Waals surface area contributed by atoms with Crippen LogP contribution in [-0.4, -0.2) is 15.7 Å². The molecule has 2 aromatic carbocycles. The van der Waals surface area contributed by atoms with Crippen molar-refractivity contribution in [3.05, 3.63) is 69.7 Å². The van der Waals surface area contributed by atoms with Gasteiger partial charge in [-0.25, -0.2) is 8.78 Å². The molecule has 27 heavy (non-hydrogen) atoms. The molecule has 0 bridgehead atoms. The van der Waals surface area contributed by atoms with E-state index >= 15 is 0 Å². The fourth-order valence-electron chi connectivity index (χ4n) is 2.69. The van der Waals surface area contributed by atoms with Crippen molar-refractivity contribution < 1.29 is 13.6 Å². The molecule has 1 amide bonds. The number of anilines is 1. The van der Waals surface area contributed by atoms with Crippen molar-refractivity contribution in [2.45, 2.75) is 13.1 Å². The van der Waals surface area contributed by atoms with Crippen LogP contribution in [0.1, 0.15) is 29.1 Å². The maximum atomic E-state index is 13.8. The third-order valence-electron chi connectivity index (χ3n) is 3.94. The summed E-state index contributed by atoms with van der Waals surface area (Å²) >= 11 is 12.0. The number of benzene rings is 2. The second-order valence-corrected chi connectivity index (χ2v) is 6.81. The summed E-state index contributed by atoms with van der Waals surface area (Å²) in [6, 6.07) is 8.75. The Hall–Kier alpha value is -2.44. The Labute approximate surface area is 164 Å². The molecule has 0 spiro atoms. The van der Waals surface area contributed by atoms with Crippen LogP contribution in [0.5, 0.6) is 0 Å². The van der Waals surface area contributed by atoms with Gasteiger partial charge in [-0.15, -0.1) is 0 Å². The fraction of sp³-hybridized carbons (Fsp3) is 0.158. The van der Waals surface area contributed by atoms with Crippen molar-refractivity contribution in [1.82, 2.24) is 9.78 Å². The molecule has 1 unspecified atom stereocenters. The smallest absolute Gasteiger partial charge is 0.259 e. The minimum Gasteiger partial charge on any atom is -0.321 e. The predicted molar refractivity (Wildman–Crippen MR) is 103 cm³/mol. The fourth-order valence-corrected chi connectivity index (χ4v) is 2.99. The number of nitrogens with one attached hydrogen (secondary N) is 1. The number of carbonyl (C=O) groups excluding carboxylic acids is 1. The maximum Gasteiger partial charge on any atom is 0.259 e. The van der Waals surface area contributed by atoms with E-state index in [2.05, 4.69) is 10.4 Å². The van der Waals surface area contributed by atoms with Crippen LogP contribution in [0.3, 0.4) is 0 Å². The molecule has 3 aromatic rings. The molecule has 8 heteroatoms. The first-order chi connectivity index (χ1) is 12.8. The highest BCUT2D eigenvalue weighted by Gasteiger charge is 2.21. The van der Waals surface area contributed by atoms with E-state index in [-0.39, 0.29) is 11.3 Å². The summed E-state index contributed by atoms with van der Waals surface area (Å²) in [5.74, 6) is -1.02. The Morgan fingerprint density at radius 3 is 2.59 bits per heavy atom. The molecule has 0 saturated heterocycles. The van der Waals surface area contributed by atoms with Crippen molar-refractivity contribution in [3.63, 3.8) is 0 Å². The van der Waals surface area contributed by atoms with Crippen LogP contribution < -0.4 is 5.32 Å². The second kappa shape index (κ2) is 7.66. The molecule has 3 rings (SSSR count). The zero-order valence-corrected chi connectivity index (χ0v) is 15.9. The summed E-state index contributed by atoms with van der Waals surface area (Å²) in [4.78, 5) is 12.7. The van der Waals surface area contributed by atoms with Gasteiger partial charge in [0.25, 0.3) is 5.91 Å². The van der Waals surface area contributed by atoms with Crippen LogP contribution in [0, 0.1) is 5.82 Å². The molecule has 4 nitrogen and oxygen atoms in total. The molecule has 0 fully saturated rings. The molecular formula is C19H15Cl2F2N3O. The van der Waals surface area contributed by atoms with Gasteiger partial charge in [0.2, 0.25) is 0 Å². The largest absolute Gasteiger partial charge is 0.321 e. The van der Waals surface area contributed by atoms with Gasteiger partial charge in [-0.2, -0.15) is 5.10 Å². The van der Waals surface area contributed by atoms with Crippen LogP contribution in [0.15, 0.2) is 42.6 Å². The Morgan fingerprint density at radius 1 is 1.19 bits per heavy atom. The van der Waals surface area contributed by atoms with E-state index in [4.69, 9.17) is 23.2 Å². The molecule has 0 aliphatic rings. The van der Waals surface area contributed by atoms with Crippen molar-refractivity contribution in [2.75, 3.05) is 5.32 Å². The van der Waals surface area contributed by atoms with Crippen molar-refractivity contribution >= 4 is 34.8 Å². The summed E-state index contributed by atoms with van der Waals surface area (Å²) in [5, 5.41) is 7.33. The summed E-state index contributed by atoms with van der Waals surface area (Å²) in [7, 11) is 1.60. The second-order valence-electron chi connectivity index (χ2n) is 5.99. The number of halogens is 4. The lowest BCUT2D eigenvalue weighted by atomic mass is 10.0. The molecular weight excluding hydrogens is 395 g/mol. The van der Waals surface area contributed by atoms with Gasteiger partial charge in [0, 0.05) is 24.5 Å². The monoisotopic (exact) mass is 409 g/mol. The molecule has 0 aliphatic carbocycles.